The normalized spacial score (nSPS) is 15.8. The average Bonchev–Trinajstić information content (AvgIpc) is 3.34. The second kappa shape index (κ2) is 11.0. The topological polar surface area (TPSA) is 146 Å². The summed E-state index contributed by atoms with van der Waals surface area (Å²) in [4.78, 5) is 9.13. The van der Waals surface area contributed by atoms with Crippen LogP contribution >= 0.6 is 24.8 Å². The molecule has 33 heavy (non-hydrogen) atoms. The van der Waals surface area contributed by atoms with Gasteiger partial charge in [-0.1, -0.05) is 5.92 Å². The number of nitrogens with two attached hydrogens (primary N) is 1. The molecule has 4 rings (SSSR count). The molecule has 13 heteroatoms. The molecule has 0 bridgehead atoms. The number of imidazole rings is 1. The molecule has 0 aliphatic carbocycles. The van der Waals surface area contributed by atoms with Gasteiger partial charge in [0.1, 0.15) is 35.0 Å². The number of halogens is 2. The maximum absolute atomic E-state index is 10.0. The van der Waals surface area contributed by atoms with Crippen molar-refractivity contribution in [3.05, 3.63) is 11.9 Å². The van der Waals surface area contributed by atoms with Crippen LogP contribution in [0.4, 0.5) is 5.82 Å². The first-order chi connectivity index (χ1) is 14.9. The molecule has 1 saturated heterocycles. The summed E-state index contributed by atoms with van der Waals surface area (Å²) >= 11 is 0. The molecule has 0 unspecified atom stereocenters. The number of hydrogen-bond donors (Lipinski definition) is 3. The van der Waals surface area contributed by atoms with Crippen LogP contribution < -0.4 is 15.8 Å². The molecule has 1 aliphatic heterocycles. The molecule has 3 aromatic rings. The standard InChI is InChI=1S/C20H25N7O4.2ClH/c1-4-27-17-14(30-11-12-9-22-7-8-29-12)10-23-13(5-6-20(2,3)28)15(17)24-19(27)16-18(21)26-31-25-16;;/h10,12,22,28H,4,7-9,11H2,1-3H3,(H2,21,26);2*1H/t12-;;/m1../s1. The molecule has 11 nitrogen and oxygen atoms in total. The number of nitrogen functional groups attached to an aromatic ring is 1. The van der Waals surface area contributed by atoms with Crippen molar-refractivity contribution in [2.24, 2.45) is 0 Å². The molecular formula is C20H27Cl2N7O4. The summed E-state index contributed by atoms with van der Waals surface area (Å²) in [6, 6.07) is 0. The molecule has 4 heterocycles. The highest BCUT2D eigenvalue weighted by Crippen LogP contribution is 2.33. The Labute approximate surface area is 203 Å². The first-order valence-electron chi connectivity index (χ1n) is 10.1. The van der Waals surface area contributed by atoms with Gasteiger partial charge in [0, 0.05) is 19.6 Å². The second-order valence-electron chi connectivity index (χ2n) is 7.66. The number of morpholine rings is 1. The SMILES string of the molecule is CCn1c(-c2nonc2N)nc2c(C#CC(C)(C)O)ncc(OC[C@H]3CNCCO3)c21.Cl.Cl. The van der Waals surface area contributed by atoms with Crippen LogP contribution in [0.15, 0.2) is 10.8 Å². The number of aromatic nitrogens is 5. The van der Waals surface area contributed by atoms with Gasteiger partial charge in [0.05, 0.1) is 12.8 Å². The molecule has 0 amide bonds. The Bertz CT molecular complexity index is 1140. The summed E-state index contributed by atoms with van der Waals surface area (Å²) in [6.45, 7) is 8.27. The zero-order valence-corrected chi connectivity index (χ0v) is 20.1. The first-order valence-corrected chi connectivity index (χ1v) is 10.1. The van der Waals surface area contributed by atoms with Gasteiger partial charge >= 0.3 is 0 Å². The third-order valence-electron chi connectivity index (χ3n) is 4.69. The van der Waals surface area contributed by atoms with Crippen molar-refractivity contribution in [3.8, 4) is 29.1 Å². The van der Waals surface area contributed by atoms with E-state index in [9.17, 15) is 5.11 Å². The van der Waals surface area contributed by atoms with E-state index < -0.39 is 5.60 Å². The van der Waals surface area contributed by atoms with Crippen molar-refractivity contribution in [2.45, 2.75) is 39.0 Å². The Kier molecular flexibility index (Phi) is 8.88. The van der Waals surface area contributed by atoms with E-state index in [1.807, 2.05) is 11.5 Å². The number of aliphatic hydroxyl groups is 1. The third-order valence-corrected chi connectivity index (χ3v) is 4.69. The van der Waals surface area contributed by atoms with Crippen molar-refractivity contribution in [3.63, 3.8) is 0 Å². The maximum Gasteiger partial charge on any atom is 0.199 e. The van der Waals surface area contributed by atoms with Crippen molar-refractivity contribution < 1.29 is 19.2 Å². The predicted molar refractivity (Wildman–Crippen MR) is 127 cm³/mol. The van der Waals surface area contributed by atoms with Gasteiger partial charge in [-0.15, -0.1) is 24.8 Å². The van der Waals surface area contributed by atoms with E-state index in [1.54, 1.807) is 20.0 Å². The van der Waals surface area contributed by atoms with E-state index in [0.717, 1.165) is 6.54 Å². The van der Waals surface area contributed by atoms with Gasteiger partial charge in [-0.25, -0.2) is 14.6 Å². The smallest absolute Gasteiger partial charge is 0.199 e. The summed E-state index contributed by atoms with van der Waals surface area (Å²) in [6.07, 6.45) is 1.54. The van der Waals surface area contributed by atoms with Gasteiger partial charge in [-0.2, -0.15) is 0 Å². The van der Waals surface area contributed by atoms with Gasteiger partial charge in [-0.3, -0.25) is 0 Å². The van der Waals surface area contributed by atoms with Crippen LogP contribution in [-0.2, 0) is 11.3 Å². The van der Waals surface area contributed by atoms with E-state index in [2.05, 4.69) is 32.5 Å². The summed E-state index contributed by atoms with van der Waals surface area (Å²) < 4.78 is 18.5. The van der Waals surface area contributed by atoms with Crippen molar-refractivity contribution >= 4 is 41.7 Å². The maximum atomic E-state index is 10.0. The van der Waals surface area contributed by atoms with E-state index in [0.29, 0.717) is 60.3 Å². The summed E-state index contributed by atoms with van der Waals surface area (Å²) in [5.74, 6) is 6.83. The van der Waals surface area contributed by atoms with Gasteiger partial charge in [-0.05, 0) is 37.0 Å². The molecule has 0 radical (unpaired) electrons. The van der Waals surface area contributed by atoms with Crippen LogP contribution in [0.5, 0.6) is 5.75 Å². The number of fused-ring (bicyclic) bond motifs is 1. The number of ether oxygens (including phenoxy) is 2. The Balaban J connectivity index is 0.00000193. The van der Waals surface area contributed by atoms with Gasteiger partial charge in [0.2, 0.25) is 0 Å². The number of nitrogens with zero attached hydrogens (tertiary/aromatic N) is 5. The van der Waals surface area contributed by atoms with E-state index in [1.165, 1.54) is 0 Å². The predicted octanol–water partition coefficient (Wildman–Crippen LogP) is 1.42. The minimum Gasteiger partial charge on any atom is -0.487 e. The number of pyridine rings is 1. The van der Waals surface area contributed by atoms with Crippen molar-refractivity contribution in [1.29, 1.82) is 0 Å². The van der Waals surface area contributed by atoms with Crippen LogP contribution in [0.3, 0.4) is 0 Å². The molecule has 1 atom stereocenters. The first kappa shape index (κ1) is 26.6. The number of hydrogen-bond acceptors (Lipinski definition) is 10. The molecule has 0 spiro atoms. The fraction of sp³-hybridized carbons (Fsp3) is 0.500. The minimum absolute atomic E-state index is 0. The molecular weight excluding hydrogens is 473 g/mol. The van der Waals surface area contributed by atoms with Crippen LogP contribution in [0, 0.1) is 11.8 Å². The van der Waals surface area contributed by atoms with Crippen LogP contribution in [-0.4, -0.2) is 68.0 Å². The zero-order chi connectivity index (χ0) is 22.0. The summed E-state index contributed by atoms with van der Waals surface area (Å²) in [7, 11) is 0. The number of nitrogens with one attached hydrogen (secondary N) is 1. The lowest BCUT2D eigenvalue weighted by molar-refractivity contribution is 0.000381. The minimum atomic E-state index is -1.18. The molecule has 180 valence electrons. The van der Waals surface area contributed by atoms with Crippen molar-refractivity contribution in [1.82, 2.24) is 30.2 Å². The lowest BCUT2D eigenvalue weighted by atomic mass is 10.1. The van der Waals surface area contributed by atoms with Gasteiger partial charge in [0.25, 0.3) is 0 Å². The largest absolute Gasteiger partial charge is 0.487 e. The number of aryl methyl sites for hydroxylation is 1. The molecule has 3 aromatic heterocycles. The molecule has 1 fully saturated rings. The fourth-order valence-corrected chi connectivity index (χ4v) is 3.27. The van der Waals surface area contributed by atoms with E-state index in [4.69, 9.17) is 24.8 Å². The lowest BCUT2D eigenvalue weighted by Crippen LogP contribution is -2.41. The van der Waals surface area contributed by atoms with Gasteiger partial charge < -0.3 is 30.2 Å². The third kappa shape index (κ3) is 5.85. The van der Waals surface area contributed by atoms with Gasteiger partial charge in [0.15, 0.2) is 23.1 Å². The van der Waals surface area contributed by atoms with E-state index >= 15 is 0 Å². The number of anilines is 1. The summed E-state index contributed by atoms with van der Waals surface area (Å²) in [5.41, 5.74) is 6.67. The molecule has 4 N–H and O–H groups in total. The lowest BCUT2D eigenvalue weighted by Gasteiger charge is -2.23. The highest BCUT2D eigenvalue weighted by Gasteiger charge is 2.24. The Hall–Kier alpha value is -2.62. The fourth-order valence-electron chi connectivity index (χ4n) is 3.27. The zero-order valence-electron chi connectivity index (χ0n) is 18.5. The van der Waals surface area contributed by atoms with E-state index in [-0.39, 0.29) is 36.7 Å². The Morgan fingerprint density at radius 1 is 1.36 bits per heavy atom. The van der Waals surface area contributed by atoms with Crippen molar-refractivity contribution in [2.75, 3.05) is 32.0 Å². The molecule has 0 saturated carbocycles. The highest BCUT2D eigenvalue weighted by atomic mass is 35.5. The average molecular weight is 500 g/mol. The Morgan fingerprint density at radius 2 is 2.15 bits per heavy atom. The second-order valence-corrected chi connectivity index (χ2v) is 7.66. The van der Waals surface area contributed by atoms with Crippen LogP contribution in [0.25, 0.3) is 22.6 Å². The molecule has 0 aromatic carbocycles. The highest BCUT2D eigenvalue weighted by molar-refractivity contribution is 5.89. The van der Waals surface area contributed by atoms with Crippen LogP contribution in [0.2, 0.25) is 0 Å². The number of rotatable bonds is 5. The summed E-state index contributed by atoms with van der Waals surface area (Å²) in [5, 5.41) is 20.8. The van der Waals surface area contributed by atoms with Crippen LogP contribution in [0.1, 0.15) is 26.5 Å². The monoisotopic (exact) mass is 499 g/mol. The quantitative estimate of drug-likeness (QED) is 0.440. The Morgan fingerprint density at radius 3 is 2.76 bits per heavy atom. The molecule has 1 aliphatic rings.